The van der Waals surface area contributed by atoms with Crippen LogP contribution in [0.15, 0.2) is 46.7 Å². The number of fused-ring (bicyclic) bond motifs is 13. The molecule has 9 atom stereocenters. The fourth-order valence-corrected chi connectivity index (χ4v) is 6.95. The smallest absolute Gasteiger partial charge is 0.344 e. The van der Waals surface area contributed by atoms with Gasteiger partial charge in [-0.2, -0.15) is 0 Å². The number of hydrogen-bond donors (Lipinski definition) is 4. The number of phenolic OH excluding ortho intramolecular Hbond substituents is 1. The maximum atomic E-state index is 14.1. The quantitative estimate of drug-likeness (QED) is 0.322. The minimum absolute atomic E-state index is 0.0243. The molecule has 292 valence electrons. The molecule has 1 aliphatic carbocycles. The highest BCUT2D eigenvalue weighted by molar-refractivity contribution is 6.60. The van der Waals surface area contributed by atoms with Crippen LogP contribution in [-0.2, 0) is 33.3 Å². The van der Waals surface area contributed by atoms with E-state index < -0.39 is 117 Å². The number of ketones is 2. The van der Waals surface area contributed by atoms with Crippen LogP contribution in [0.3, 0.4) is 0 Å². The molecule has 0 radical (unpaired) electrons. The van der Waals surface area contributed by atoms with Crippen LogP contribution in [0.2, 0.25) is 0 Å². The number of carbonyl (C=O) groups is 5. The first-order valence-corrected chi connectivity index (χ1v) is 17.3. The van der Waals surface area contributed by atoms with Gasteiger partial charge in [-0.25, -0.2) is 9.79 Å². The number of carbonyl (C=O) groups excluding carboxylic acids is 5. The van der Waals surface area contributed by atoms with E-state index in [0.717, 1.165) is 13.4 Å². The van der Waals surface area contributed by atoms with Crippen LogP contribution in [0.1, 0.15) is 80.3 Å². The highest BCUT2D eigenvalue weighted by Gasteiger charge is 2.53. The molecule has 9 unspecified atom stereocenters. The number of aliphatic imine (C=N–C) groups is 1. The Morgan fingerprint density at radius 2 is 1.56 bits per heavy atom. The number of nitrogens with zero attached hydrogens (tertiary/aromatic N) is 1. The number of hydrogen-bond acceptors (Lipinski definition) is 14. The summed E-state index contributed by atoms with van der Waals surface area (Å²) in [4.78, 5) is 70.7. The summed E-state index contributed by atoms with van der Waals surface area (Å²) in [6, 6.07) is 0. The number of benzene rings is 1. The monoisotopic (exact) mass is 753 g/mol. The zero-order chi connectivity index (χ0) is 40.6. The number of aromatic hydroxyl groups is 1. The van der Waals surface area contributed by atoms with Gasteiger partial charge < -0.3 is 44.1 Å². The lowest BCUT2D eigenvalue weighted by molar-refractivity contribution is -0.160. The predicted octanol–water partition coefficient (Wildman–Crippen LogP) is 3.86. The Labute approximate surface area is 312 Å². The summed E-state index contributed by atoms with van der Waals surface area (Å²) >= 11 is 0. The lowest BCUT2D eigenvalue weighted by Gasteiger charge is -2.38. The Hall–Kier alpha value is -5.12. The SMILES string of the molecule is COC(=O)C1=C(O)c2c3c(O)c(C)c4c2C(=O)C(C)(O/C=C/C(OC)C(C)C(OC(C)=O)C(C)C(O)C(C)C(O)C(C)/C=C/C=C(/C)C(=O)N=C1C3=O)O4. The maximum absolute atomic E-state index is 14.1. The third kappa shape index (κ3) is 7.48. The molecule has 0 spiro atoms. The Morgan fingerprint density at radius 1 is 0.907 bits per heavy atom. The van der Waals surface area contributed by atoms with E-state index in [4.69, 9.17) is 23.7 Å². The summed E-state index contributed by atoms with van der Waals surface area (Å²) in [5.74, 6) is -11.6. The van der Waals surface area contributed by atoms with Crippen molar-refractivity contribution >= 4 is 40.9 Å². The molecule has 0 saturated carbocycles. The van der Waals surface area contributed by atoms with Crippen LogP contribution in [0.5, 0.6) is 11.5 Å². The third-order valence-electron chi connectivity index (χ3n) is 10.3. The number of allylic oxidation sites excluding steroid dienone is 2. The van der Waals surface area contributed by atoms with Crippen LogP contribution in [0, 0.1) is 30.6 Å². The van der Waals surface area contributed by atoms with Crippen LogP contribution < -0.4 is 4.74 Å². The van der Waals surface area contributed by atoms with Crippen molar-refractivity contribution in [3.63, 3.8) is 0 Å². The van der Waals surface area contributed by atoms with Gasteiger partial charge in [0.15, 0.2) is 0 Å². The maximum Gasteiger partial charge on any atom is 0.344 e. The molecule has 1 amide bonds. The topological polar surface area (TPSA) is 225 Å². The molecule has 1 aromatic carbocycles. The first-order chi connectivity index (χ1) is 25.2. The zero-order valence-electron chi connectivity index (χ0n) is 31.8. The fourth-order valence-electron chi connectivity index (χ4n) is 6.95. The summed E-state index contributed by atoms with van der Waals surface area (Å²) in [5.41, 5.74) is -3.30. The molecule has 4 aliphatic rings. The highest BCUT2D eigenvalue weighted by Crippen LogP contribution is 2.50. The van der Waals surface area contributed by atoms with Crippen molar-refractivity contribution in [1.29, 1.82) is 0 Å². The standard InChI is InChI=1S/C39H47NO14/c1-16-12-11-13-17(2)37(48)40-28-27(38(49)51-10)32(45)24-25(33(28)46)31(44)21(6)35-26(24)36(47)39(8,54-35)52-15-14-23(50-9)18(3)34(53-22(7)41)20(5)30(43)19(4)29(16)42/h11-16,18-20,23,29-30,34,42-45H,1-10H3/b12-11+,15-14+,17-13-,40-28?. The van der Waals surface area contributed by atoms with Gasteiger partial charge in [-0.15, -0.1) is 0 Å². The minimum atomic E-state index is -2.14. The van der Waals surface area contributed by atoms with Crippen molar-refractivity contribution in [3.8, 4) is 11.5 Å². The van der Waals surface area contributed by atoms with Crippen LogP contribution in [0.4, 0.5) is 0 Å². The molecule has 0 aromatic heterocycles. The zero-order valence-corrected chi connectivity index (χ0v) is 31.8. The van der Waals surface area contributed by atoms with Gasteiger partial charge in [0.25, 0.3) is 11.7 Å². The van der Waals surface area contributed by atoms with Crippen molar-refractivity contribution in [2.24, 2.45) is 28.7 Å². The van der Waals surface area contributed by atoms with Crippen molar-refractivity contribution in [1.82, 2.24) is 0 Å². The van der Waals surface area contributed by atoms with E-state index in [0.29, 0.717) is 0 Å². The molecule has 3 aliphatic heterocycles. The summed E-state index contributed by atoms with van der Waals surface area (Å²) in [5, 5.41) is 45.5. The Bertz CT molecular complexity index is 1900. The Balaban J connectivity index is 1.96. The summed E-state index contributed by atoms with van der Waals surface area (Å²) in [7, 11) is 2.37. The number of ether oxygens (including phenoxy) is 5. The van der Waals surface area contributed by atoms with Crippen LogP contribution in [0.25, 0.3) is 5.76 Å². The predicted molar refractivity (Wildman–Crippen MR) is 193 cm³/mol. The molecule has 54 heavy (non-hydrogen) atoms. The van der Waals surface area contributed by atoms with Crippen molar-refractivity contribution in [2.75, 3.05) is 14.2 Å². The van der Waals surface area contributed by atoms with Crippen molar-refractivity contribution in [2.45, 2.75) is 85.6 Å². The normalized spacial score (nSPS) is 32.9. The van der Waals surface area contributed by atoms with E-state index in [9.17, 15) is 44.4 Å². The second-order valence-corrected chi connectivity index (χ2v) is 14.0. The molecule has 5 rings (SSSR count). The van der Waals surface area contributed by atoms with Crippen LogP contribution >= 0.6 is 0 Å². The summed E-state index contributed by atoms with van der Waals surface area (Å²) < 4.78 is 28.0. The average molecular weight is 754 g/mol. The van der Waals surface area contributed by atoms with Gasteiger partial charge in [-0.05, 0) is 19.9 Å². The van der Waals surface area contributed by atoms with Gasteiger partial charge >= 0.3 is 17.7 Å². The minimum Gasteiger partial charge on any atom is -0.507 e. The van der Waals surface area contributed by atoms with Gasteiger partial charge in [-0.3, -0.25) is 19.2 Å². The second-order valence-electron chi connectivity index (χ2n) is 14.0. The Morgan fingerprint density at radius 3 is 2.15 bits per heavy atom. The lowest BCUT2D eigenvalue weighted by atomic mass is 9.78. The van der Waals surface area contributed by atoms with Gasteiger partial charge in [0.1, 0.15) is 34.6 Å². The van der Waals surface area contributed by atoms with Crippen molar-refractivity contribution in [3.05, 3.63) is 64.0 Å². The average Bonchev–Trinajstić information content (AvgIpc) is 3.39. The number of phenols is 1. The fraction of sp³-hybridized carbons (Fsp3) is 0.487. The molecule has 15 nitrogen and oxygen atoms in total. The van der Waals surface area contributed by atoms with E-state index >= 15 is 0 Å². The number of rotatable bonds is 3. The summed E-state index contributed by atoms with van der Waals surface area (Å²) in [6.45, 7) is 12.0. The molecule has 0 saturated heterocycles. The van der Waals surface area contributed by atoms with E-state index in [1.807, 2.05) is 0 Å². The number of aliphatic hydroxyl groups excluding tert-OH is 3. The number of aliphatic hydroxyl groups is 3. The molecule has 5 bridgehead atoms. The lowest BCUT2D eigenvalue weighted by Crippen LogP contribution is -2.46. The summed E-state index contributed by atoms with van der Waals surface area (Å²) in [6.07, 6.45) is 2.91. The number of Topliss-reactive ketones (excluding diaryl/α,β-unsaturated/α-hetero) is 2. The highest BCUT2D eigenvalue weighted by atomic mass is 16.7. The first-order valence-electron chi connectivity index (χ1n) is 17.3. The number of esters is 2. The molecular weight excluding hydrogens is 706 g/mol. The van der Waals surface area contributed by atoms with Gasteiger partial charge in [0, 0.05) is 61.3 Å². The van der Waals surface area contributed by atoms with E-state index in [1.54, 1.807) is 33.8 Å². The van der Waals surface area contributed by atoms with Gasteiger partial charge in [0.05, 0.1) is 42.8 Å². The Kier molecular flexibility index (Phi) is 12.4. The van der Waals surface area contributed by atoms with E-state index in [-0.39, 0.29) is 22.4 Å². The largest absolute Gasteiger partial charge is 0.507 e. The molecular formula is C39H47NO14. The van der Waals surface area contributed by atoms with E-state index in [1.165, 1.54) is 53.0 Å². The van der Waals surface area contributed by atoms with Gasteiger partial charge in [-0.1, -0.05) is 45.9 Å². The van der Waals surface area contributed by atoms with Crippen molar-refractivity contribution < 1.29 is 68.1 Å². The van der Waals surface area contributed by atoms with E-state index in [2.05, 4.69) is 4.99 Å². The van der Waals surface area contributed by atoms with Crippen LogP contribution in [-0.4, -0.2) is 100.0 Å². The first kappa shape index (κ1) is 41.6. The molecule has 1 aromatic rings. The number of methoxy groups -OCH3 is 2. The number of amides is 1. The molecule has 4 N–H and O–H groups in total. The molecule has 0 fully saturated rings. The third-order valence-corrected chi connectivity index (χ3v) is 10.3. The molecule has 15 heteroatoms. The second kappa shape index (κ2) is 16.1. The van der Waals surface area contributed by atoms with Gasteiger partial charge in [0.2, 0.25) is 5.78 Å². The molecule has 3 heterocycles.